The lowest BCUT2D eigenvalue weighted by Crippen LogP contribution is -2.00. The fourth-order valence-electron chi connectivity index (χ4n) is 6.78. The van der Waals surface area contributed by atoms with Crippen LogP contribution in [0, 0.1) is 0 Å². The van der Waals surface area contributed by atoms with Gasteiger partial charge in [-0.05, 0) is 53.9 Å². The molecule has 0 aliphatic heterocycles. The Morgan fingerprint density at radius 1 is 0.478 bits per heavy atom. The minimum atomic E-state index is 0.846. The summed E-state index contributed by atoms with van der Waals surface area (Å²) < 4.78 is 4.53. The van der Waals surface area contributed by atoms with E-state index < -0.39 is 0 Å². The Labute approximate surface area is 266 Å². The SMILES string of the molecule is CCc1nc2ccccc2n1-c1ccc(-c2nc3ccccc3c3ccc4c(nc(-c5ccccc5)n4-c4ccccc4)c23)cc1. The van der Waals surface area contributed by atoms with Crippen molar-refractivity contribution in [3.8, 4) is 34.0 Å². The van der Waals surface area contributed by atoms with Gasteiger partial charge in [-0.25, -0.2) is 15.0 Å². The molecule has 0 spiro atoms. The van der Waals surface area contributed by atoms with Crippen molar-refractivity contribution >= 4 is 43.7 Å². The lowest BCUT2D eigenvalue weighted by atomic mass is 9.98. The lowest BCUT2D eigenvalue weighted by molar-refractivity contribution is 0.908. The predicted octanol–water partition coefficient (Wildman–Crippen LogP) is 9.96. The van der Waals surface area contributed by atoms with Gasteiger partial charge in [-0.1, -0.05) is 104 Å². The molecule has 0 saturated heterocycles. The van der Waals surface area contributed by atoms with Gasteiger partial charge in [0.2, 0.25) is 0 Å². The summed E-state index contributed by atoms with van der Waals surface area (Å²) >= 11 is 0. The largest absolute Gasteiger partial charge is 0.296 e. The maximum atomic E-state index is 5.41. The number of aromatic nitrogens is 5. The van der Waals surface area contributed by atoms with E-state index in [0.717, 1.165) is 90.0 Å². The Bertz CT molecular complexity index is 2540. The molecule has 6 aromatic carbocycles. The Balaban J connectivity index is 1.33. The number of benzene rings is 6. The van der Waals surface area contributed by atoms with Crippen LogP contribution in [0.25, 0.3) is 77.8 Å². The molecule has 5 heteroatoms. The van der Waals surface area contributed by atoms with E-state index in [9.17, 15) is 0 Å². The zero-order valence-electron chi connectivity index (χ0n) is 25.3. The van der Waals surface area contributed by atoms with Crippen LogP contribution < -0.4 is 0 Å². The zero-order chi connectivity index (χ0) is 30.6. The van der Waals surface area contributed by atoms with Crippen LogP contribution in [0.5, 0.6) is 0 Å². The number of pyridine rings is 1. The van der Waals surface area contributed by atoms with Crippen LogP contribution in [0.4, 0.5) is 0 Å². The molecule has 3 aromatic heterocycles. The van der Waals surface area contributed by atoms with Crippen molar-refractivity contribution in [2.45, 2.75) is 13.3 Å². The van der Waals surface area contributed by atoms with E-state index in [4.69, 9.17) is 15.0 Å². The van der Waals surface area contributed by atoms with Crippen LogP contribution >= 0.6 is 0 Å². The fourth-order valence-corrected chi connectivity index (χ4v) is 6.78. The van der Waals surface area contributed by atoms with E-state index >= 15 is 0 Å². The highest BCUT2D eigenvalue weighted by Gasteiger charge is 2.21. The molecule has 3 heterocycles. The van der Waals surface area contributed by atoms with Gasteiger partial charge in [-0.15, -0.1) is 0 Å². The van der Waals surface area contributed by atoms with Gasteiger partial charge in [0, 0.05) is 39.7 Å². The molecule has 9 rings (SSSR count). The number of para-hydroxylation sites is 4. The van der Waals surface area contributed by atoms with Crippen molar-refractivity contribution in [1.82, 2.24) is 24.1 Å². The van der Waals surface area contributed by atoms with Crippen LogP contribution in [-0.4, -0.2) is 24.1 Å². The third-order valence-corrected chi connectivity index (χ3v) is 8.88. The predicted molar refractivity (Wildman–Crippen MR) is 189 cm³/mol. The Morgan fingerprint density at radius 3 is 1.93 bits per heavy atom. The standard InChI is InChI=1S/C41H29N5/c1-2-37-42-34-19-11-12-20-35(34)45(37)30-23-21-27(22-24-30)39-38-32(31-17-9-10-18-33(31)43-39)25-26-36-40(38)44-41(28-13-5-3-6-14-28)46(36)29-15-7-4-8-16-29/h3-26H,2H2,1H3. The molecule has 0 aliphatic rings. The molecule has 0 bridgehead atoms. The number of nitrogens with zero attached hydrogens (tertiary/aromatic N) is 5. The second-order valence-corrected chi connectivity index (χ2v) is 11.6. The molecule has 0 atom stereocenters. The molecule has 0 N–H and O–H groups in total. The third-order valence-electron chi connectivity index (χ3n) is 8.88. The molecule has 0 saturated carbocycles. The van der Waals surface area contributed by atoms with E-state index in [0.29, 0.717) is 0 Å². The normalized spacial score (nSPS) is 11.7. The minimum absolute atomic E-state index is 0.846. The summed E-state index contributed by atoms with van der Waals surface area (Å²) in [7, 11) is 0. The molecule has 9 aromatic rings. The summed E-state index contributed by atoms with van der Waals surface area (Å²) in [5.41, 5.74) is 10.3. The number of aryl methyl sites for hydroxylation is 1. The van der Waals surface area contributed by atoms with Crippen LogP contribution in [0.3, 0.4) is 0 Å². The van der Waals surface area contributed by atoms with Crippen molar-refractivity contribution < 1.29 is 0 Å². The Kier molecular flexibility index (Phi) is 6.03. The second-order valence-electron chi connectivity index (χ2n) is 11.6. The minimum Gasteiger partial charge on any atom is -0.296 e. The molecular formula is C41H29N5. The molecule has 0 fully saturated rings. The smallest absolute Gasteiger partial charge is 0.145 e. The molecule has 0 radical (unpaired) electrons. The summed E-state index contributed by atoms with van der Waals surface area (Å²) in [6.07, 6.45) is 0.846. The average Bonchev–Trinajstić information content (AvgIpc) is 3.71. The summed E-state index contributed by atoms with van der Waals surface area (Å²) in [4.78, 5) is 15.6. The summed E-state index contributed by atoms with van der Waals surface area (Å²) in [6, 6.07) is 50.8. The van der Waals surface area contributed by atoms with Crippen LogP contribution in [0.1, 0.15) is 12.7 Å². The summed E-state index contributed by atoms with van der Waals surface area (Å²) in [5, 5.41) is 3.31. The van der Waals surface area contributed by atoms with Crippen molar-refractivity contribution in [2.75, 3.05) is 0 Å². The highest BCUT2D eigenvalue weighted by Crippen LogP contribution is 2.40. The monoisotopic (exact) mass is 591 g/mol. The highest BCUT2D eigenvalue weighted by molar-refractivity contribution is 6.20. The molecule has 218 valence electrons. The van der Waals surface area contributed by atoms with Crippen molar-refractivity contribution in [3.63, 3.8) is 0 Å². The van der Waals surface area contributed by atoms with Gasteiger partial charge in [0.25, 0.3) is 0 Å². The zero-order valence-corrected chi connectivity index (χ0v) is 25.3. The van der Waals surface area contributed by atoms with E-state index in [-0.39, 0.29) is 0 Å². The van der Waals surface area contributed by atoms with E-state index in [1.165, 1.54) is 0 Å². The van der Waals surface area contributed by atoms with Crippen LogP contribution in [-0.2, 0) is 6.42 Å². The third kappa shape index (κ3) is 4.06. The first-order valence-electron chi connectivity index (χ1n) is 15.7. The first-order chi connectivity index (χ1) is 22.8. The van der Waals surface area contributed by atoms with Crippen molar-refractivity contribution in [3.05, 3.63) is 151 Å². The number of hydrogen-bond acceptors (Lipinski definition) is 3. The topological polar surface area (TPSA) is 48.5 Å². The second kappa shape index (κ2) is 10.5. The van der Waals surface area contributed by atoms with Crippen LogP contribution in [0.15, 0.2) is 146 Å². The van der Waals surface area contributed by atoms with E-state index in [2.05, 4.69) is 143 Å². The number of rotatable bonds is 5. The highest BCUT2D eigenvalue weighted by atomic mass is 15.1. The van der Waals surface area contributed by atoms with E-state index in [1.807, 2.05) is 18.2 Å². The van der Waals surface area contributed by atoms with Gasteiger partial charge in [0.15, 0.2) is 0 Å². The first kappa shape index (κ1) is 26.3. The first-order valence-corrected chi connectivity index (χ1v) is 15.7. The quantitative estimate of drug-likeness (QED) is 0.187. The molecule has 0 unspecified atom stereocenters. The molecule has 5 nitrogen and oxygen atoms in total. The van der Waals surface area contributed by atoms with Crippen molar-refractivity contribution in [2.24, 2.45) is 0 Å². The molecule has 0 amide bonds. The Hall–Kier alpha value is -6.07. The number of fused-ring (bicyclic) bond motifs is 6. The van der Waals surface area contributed by atoms with Gasteiger partial charge >= 0.3 is 0 Å². The van der Waals surface area contributed by atoms with Gasteiger partial charge in [-0.3, -0.25) is 9.13 Å². The van der Waals surface area contributed by atoms with Crippen LogP contribution in [0.2, 0.25) is 0 Å². The van der Waals surface area contributed by atoms with Gasteiger partial charge < -0.3 is 0 Å². The maximum absolute atomic E-state index is 5.41. The molecule has 0 aliphatic carbocycles. The molecular weight excluding hydrogens is 562 g/mol. The van der Waals surface area contributed by atoms with Crippen molar-refractivity contribution in [1.29, 1.82) is 0 Å². The average molecular weight is 592 g/mol. The Morgan fingerprint density at radius 2 is 1.15 bits per heavy atom. The van der Waals surface area contributed by atoms with Gasteiger partial charge in [-0.2, -0.15) is 0 Å². The number of hydrogen-bond donors (Lipinski definition) is 0. The summed E-state index contributed by atoms with van der Waals surface area (Å²) in [5.74, 6) is 1.95. The summed E-state index contributed by atoms with van der Waals surface area (Å²) in [6.45, 7) is 2.15. The number of imidazole rings is 2. The maximum Gasteiger partial charge on any atom is 0.145 e. The lowest BCUT2D eigenvalue weighted by Gasteiger charge is -2.13. The van der Waals surface area contributed by atoms with Gasteiger partial charge in [0.1, 0.15) is 11.6 Å². The van der Waals surface area contributed by atoms with E-state index in [1.54, 1.807) is 0 Å². The fraction of sp³-hybridized carbons (Fsp3) is 0.0488. The van der Waals surface area contributed by atoms with Gasteiger partial charge in [0.05, 0.1) is 33.3 Å². The molecule has 46 heavy (non-hydrogen) atoms.